The lowest BCUT2D eigenvalue weighted by Gasteiger charge is -2.19. The minimum absolute atomic E-state index is 0.0502. The van der Waals surface area contributed by atoms with Crippen LogP contribution in [0.4, 0.5) is 16.3 Å². The molecule has 0 atom stereocenters. The average Bonchev–Trinajstić information content (AvgIpc) is 2.68. The minimum atomic E-state index is -0.816. The largest absolute Gasteiger partial charge is 0.444 e. The highest BCUT2D eigenvalue weighted by atomic mass is 32.2. The molecule has 2 aromatic rings. The molecule has 0 unspecified atom stereocenters. The van der Waals surface area contributed by atoms with E-state index in [1.165, 1.54) is 11.8 Å². The standard InChI is InChI=1S/C23H31N5O6S/c1-13(2)35-17-10-14(3)27(21(30)20(17)28(32)33)12-19(29)24-11-16-8-9-18(25-15(16)4)26-22(31)34-23(5,6)7/h8-10,13H,11-12H2,1-7H3,(H,24,29)(H,25,26,31). The Kier molecular flexibility index (Phi) is 9.02. The van der Waals surface area contributed by atoms with E-state index in [2.05, 4.69) is 15.6 Å². The maximum Gasteiger partial charge on any atom is 0.413 e. The second-order valence-electron chi connectivity index (χ2n) is 9.16. The van der Waals surface area contributed by atoms with E-state index in [-0.39, 0.29) is 23.2 Å². The van der Waals surface area contributed by atoms with Gasteiger partial charge in [-0.25, -0.2) is 9.78 Å². The summed E-state index contributed by atoms with van der Waals surface area (Å²) in [5, 5.41) is 16.8. The summed E-state index contributed by atoms with van der Waals surface area (Å²) in [6.07, 6.45) is -0.627. The maximum atomic E-state index is 12.8. The third-order valence-electron chi connectivity index (χ3n) is 4.59. The zero-order valence-electron chi connectivity index (χ0n) is 20.9. The molecule has 0 radical (unpaired) electrons. The summed E-state index contributed by atoms with van der Waals surface area (Å²) in [6.45, 7) is 12.1. The number of hydrogen-bond donors (Lipinski definition) is 2. The summed E-state index contributed by atoms with van der Waals surface area (Å²) in [4.78, 5) is 52.6. The molecule has 190 valence electrons. The average molecular weight is 506 g/mol. The molecule has 0 saturated carbocycles. The first-order chi connectivity index (χ1) is 16.2. The van der Waals surface area contributed by atoms with E-state index >= 15 is 0 Å². The molecule has 0 saturated heterocycles. The van der Waals surface area contributed by atoms with Gasteiger partial charge in [0.15, 0.2) is 0 Å². The van der Waals surface area contributed by atoms with Crippen LogP contribution < -0.4 is 16.2 Å². The Hall–Kier alpha value is -3.41. The topological polar surface area (TPSA) is 145 Å². The molecule has 0 bridgehead atoms. The van der Waals surface area contributed by atoms with Crippen LogP contribution in [0, 0.1) is 24.0 Å². The van der Waals surface area contributed by atoms with Crippen LogP contribution in [0.15, 0.2) is 27.9 Å². The number of ether oxygens (including phenoxy) is 1. The van der Waals surface area contributed by atoms with E-state index < -0.39 is 33.8 Å². The molecule has 2 amide bonds. The summed E-state index contributed by atoms with van der Waals surface area (Å²) in [5.74, 6) is -0.176. The Labute approximate surface area is 207 Å². The zero-order chi connectivity index (χ0) is 26.5. The van der Waals surface area contributed by atoms with Crippen LogP contribution in [0.3, 0.4) is 0 Å². The fourth-order valence-electron chi connectivity index (χ4n) is 3.09. The third-order valence-corrected chi connectivity index (χ3v) is 5.63. The van der Waals surface area contributed by atoms with Crippen molar-refractivity contribution < 1.29 is 19.2 Å². The molecule has 2 heterocycles. The molecule has 0 aliphatic carbocycles. The summed E-state index contributed by atoms with van der Waals surface area (Å²) in [5.41, 5.74) is -0.254. The van der Waals surface area contributed by atoms with E-state index in [1.54, 1.807) is 52.8 Å². The van der Waals surface area contributed by atoms with Crippen molar-refractivity contribution in [3.8, 4) is 0 Å². The highest BCUT2D eigenvalue weighted by Gasteiger charge is 2.25. The van der Waals surface area contributed by atoms with E-state index in [9.17, 15) is 24.5 Å². The van der Waals surface area contributed by atoms with Gasteiger partial charge in [0, 0.05) is 23.2 Å². The van der Waals surface area contributed by atoms with Gasteiger partial charge in [-0.2, -0.15) is 0 Å². The number of nitrogens with zero attached hydrogens (tertiary/aromatic N) is 3. The van der Waals surface area contributed by atoms with E-state index in [4.69, 9.17) is 4.74 Å². The first-order valence-corrected chi connectivity index (χ1v) is 11.8. The molecule has 2 rings (SSSR count). The fraction of sp³-hybridized carbons (Fsp3) is 0.478. The van der Waals surface area contributed by atoms with Gasteiger partial charge in [-0.05, 0) is 52.3 Å². The molecule has 0 aliphatic heterocycles. The molecule has 2 aromatic heterocycles. The van der Waals surface area contributed by atoms with E-state index in [0.29, 0.717) is 22.8 Å². The van der Waals surface area contributed by atoms with Gasteiger partial charge in [-0.3, -0.25) is 29.6 Å². The first kappa shape index (κ1) is 27.8. The van der Waals surface area contributed by atoms with Crippen molar-refractivity contribution in [2.75, 3.05) is 5.32 Å². The van der Waals surface area contributed by atoms with Crippen molar-refractivity contribution in [1.29, 1.82) is 0 Å². The van der Waals surface area contributed by atoms with Crippen LogP contribution in [-0.2, 0) is 22.6 Å². The lowest BCUT2D eigenvalue weighted by atomic mass is 10.2. The Bertz CT molecular complexity index is 1190. The monoisotopic (exact) mass is 505 g/mol. The Balaban J connectivity index is 2.10. The molecular weight excluding hydrogens is 474 g/mol. The van der Waals surface area contributed by atoms with Crippen molar-refractivity contribution in [1.82, 2.24) is 14.9 Å². The van der Waals surface area contributed by atoms with Gasteiger partial charge in [0.2, 0.25) is 5.91 Å². The Morgan fingerprint density at radius 1 is 1.26 bits per heavy atom. The first-order valence-electron chi connectivity index (χ1n) is 11.0. The number of nitrogens with one attached hydrogen (secondary N) is 2. The van der Waals surface area contributed by atoms with Crippen LogP contribution in [0.2, 0.25) is 0 Å². The van der Waals surface area contributed by atoms with Crippen LogP contribution >= 0.6 is 11.8 Å². The quantitative estimate of drug-likeness (QED) is 0.312. The molecule has 2 N–H and O–H groups in total. The van der Waals surface area contributed by atoms with Gasteiger partial charge < -0.3 is 10.1 Å². The van der Waals surface area contributed by atoms with Crippen molar-refractivity contribution in [2.24, 2.45) is 0 Å². The normalized spacial score (nSPS) is 11.3. The van der Waals surface area contributed by atoms with Gasteiger partial charge in [-0.15, -0.1) is 11.8 Å². The SMILES string of the molecule is Cc1nc(NC(=O)OC(C)(C)C)ccc1CNC(=O)Cn1c(C)cc(SC(C)C)c([N+](=O)[O-])c1=O. The number of nitro groups is 1. The molecule has 11 nitrogen and oxygen atoms in total. The predicted molar refractivity (Wildman–Crippen MR) is 134 cm³/mol. The number of amides is 2. The second-order valence-corrected chi connectivity index (χ2v) is 10.8. The smallest absolute Gasteiger partial charge is 0.413 e. The van der Waals surface area contributed by atoms with Crippen LogP contribution in [0.25, 0.3) is 0 Å². The van der Waals surface area contributed by atoms with Crippen LogP contribution in [0.1, 0.15) is 51.6 Å². The van der Waals surface area contributed by atoms with Gasteiger partial charge in [-0.1, -0.05) is 19.9 Å². The highest BCUT2D eigenvalue weighted by Crippen LogP contribution is 2.30. The van der Waals surface area contributed by atoms with Gasteiger partial charge in [0.1, 0.15) is 18.0 Å². The van der Waals surface area contributed by atoms with Crippen molar-refractivity contribution in [3.63, 3.8) is 0 Å². The molecule has 0 aliphatic rings. The van der Waals surface area contributed by atoms with Crippen molar-refractivity contribution in [2.45, 2.75) is 77.3 Å². The summed E-state index contributed by atoms with van der Waals surface area (Å²) in [7, 11) is 0. The number of rotatable bonds is 8. The summed E-state index contributed by atoms with van der Waals surface area (Å²) >= 11 is 1.23. The molecule has 0 spiro atoms. The second kappa shape index (κ2) is 11.3. The number of carbonyl (C=O) groups excluding carboxylic acids is 2. The fourth-order valence-corrected chi connectivity index (χ4v) is 4.11. The highest BCUT2D eigenvalue weighted by molar-refractivity contribution is 8.00. The van der Waals surface area contributed by atoms with Crippen molar-refractivity contribution >= 4 is 35.3 Å². The number of hydrogen-bond acceptors (Lipinski definition) is 8. The van der Waals surface area contributed by atoms with Gasteiger partial charge in [0.05, 0.1) is 9.82 Å². The maximum absolute atomic E-state index is 12.8. The lowest BCUT2D eigenvalue weighted by Crippen LogP contribution is -2.34. The van der Waals surface area contributed by atoms with Crippen molar-refractivity contribution in [3.05, 3.63) is 55.6 Å². The molecule has 0 fully saturated rings. The number of aryl methyl sites for hydroxylation is 2. The number of carbonyl (C=O) groups is 2. The molecule has 35 heavy (non-hydrogen) atoms. The number of aromatic nitrogens is 2. The van der Waals surface area contributed by atoms with Gasteiger partial charge in [0.25, 0.3) is 0 Å². The predicted octanol–water partition coefficient (Wildman–Crippen LogP) is 3.93. The van der Waals surface area contributed by atoms with Gasteiger partial charge >= 0.3 is 17.3 Å². The number of pyridine rings is 2. The Morgan fingerprint density at radius 3 is 2.46 bits per heavy atom. The van der Waals surface area contributed by atoms with E-state index in [0.717, 1.165) is 4.57 Å². The molecular formula is C23H31N5O6S. The van der Waals surface area contributed by atoms with E-state index in [1.807, 2.05) is 13.8 Å². The van der Waals surface area contributed by atoms with Crippen LogP contribution in [-0.4, -0.2) is 37.3 Å². The third kappa shape index (κ3) is 8.09. The minimum Gasteiger partial charge on any atom is -0.444 e. The Morgan fingerprint density at radius 2 is 1.91 bits per heavy atom. The summed E-state index contributed by atoms with van der Waals surface area (Å²) < 4.78 is 6.29. The zero-order valence-corrected chi connectivity index (χ0v) is 21.7. The number of thioether (sulfide) groups is 1. The lowest BCUT2D eigenvalue weighted by molar-refractivity contribution is -0.389. The summed E-state index contributed by atoms with van der Waals surface area (Å²) in [6, 6.07) is 4.85. The molecule has 12 heteroatoms. The van der Waals surface area contributed by atoms with Crippen LogP contribution in [0.5, 0.6) is 0 Å². The number of anilines is 1. The molecule has 0 aromatic carbocycles.